The molecule has 21 heavy (non-hydrogen) atoms. The summed E-state index contributed by atoms with van der Waals surface area (Å²) in [7, 11) is 0. The molecule has 2 aromatic heterocycles. The van der Waals surface area contributed by atoms with Gasteiger partial charge in [0.25, 0.3) is 0 Å². The molecule has 0 radical (unpaired) electrons. The molecule has 0 bridgehead atoms. The molecule has 2 rings (SSSR count). The summed E-state index contributed by atoms with van der Waals surface area (Å²) in [4.78, 5) is 4.81. The van der Waals surface area contributed by atoms with E-state index < -0.39 is 0 Å². The molecule has 0 fully saturated rings. The van der Waals surface area contributed by atoms with Crippen molar-refractivity contribution in [1.82, 2.24) is 19.3 Å². The molecular weight excluding hydrogens is 284 g/mol. The first kappa shape index (κ1) is 16.3. The first-order chi connectivity index (χ1) is 9.81. The second-order valence-corrected chi connectivity index (χ2v) is 7.15. The van der Waals surface area contributed by atoms with Crippen LogP contribution < -0.4 is 0 Å². The van der Waals surface area contributed by atoms with E-state index in [-0.39, 0.29) is 5.41 Å². The van der Waals surface area contributed by atoms with Crippen molar-refractivity contribution in [1.29, 1.82) is 0 Å². The van der Waals surface area contributed by atoms with Crippen LogP contribution in [-0.2, 0) is 19.5 Å². The molecule has 0 atom stereocenters. The third-order valence-electron chi connectivity index (χ3n) is 4.62. The van der Waals surface area contributed by atoms with E-state index in [2.05, 4.69) is 49.0 Å². The van der Waals surface area contributed by atoms with E-state index in [9.17, 15) is 0 Å². The Morgan fingerprint density at radius 1 is 1.29 bits per heavy atom. The number of hydrogen-bond acceptors (Lipinski definition) is 2. The maximum atomic E-state index is 5.97. The van der Waals surface area contributed by atoms with Crippen LogP contribution in [-0.4, -0.2) is 25.2 Å². The SMILES string of the molecule is CCn1nc(C)c2nc(CCCl)n(CC(C)(C)C(C)C)c21. The summed E-state index contributed by atoms with van der Waals surface area (Å²) in [6.07, 6.45) is 0.799. The Hall–Kier alpha value is -1.03. The fourth-order valence-corrected chi connectivity index (χ4v) is 2.69. The molecule has 0 aliphatic heterocycles. The van der Waals surface area contributed by atoms with E-state index >= 15 is 0 Å². The number of rotatable bonds is 6. The molecule has 4 nitrogen and oxygen atoms in total. The van der Waals surface area contributed by atoms with Crippen molar-refractivity contribution in [2.45, 2.75) is 61.1 Å². The van der Waals surface area contributed by atoms with Gasteiger partial charge in [0.15, 0.2) is 5.65 Å². The van der Waals surface area contributed by atoms with Gasteiger partial charge < -0.3 is 4.57 Å². The van der Waals surface area contributed by atoms with Gasteiger partial charge in [-0.3, -0.25) is 0 Å². The van der Waals surface area contributed by atoms with Crippen molar-refractivity contribution in [2.24, 2.45) is 11.3 Å². The lowest BCUT2D eigenvalue weighted by atomic mass is 9.81. The van der Waals surface area contributed by atoms with Crippen LogP contribution in [0.15, 0.2) is 0 Å². The Morgan fingerprint density at radius 2 is 1.95 bits per heavy atom. The van der Waals surface area contributed by atoms with Crippen LogP contribution in [0.5, 0.6) is 0 Å². The van der Waals surface area contributed by atoms with Gasteiger partial charge in [-0.25, -0.2) is 9.67 Å². The first-order valence-electron chi connectivity index (χ1n) is 7.80. The molecule has 0 saturated heterocycles. The lowest BCUT2D eigenvalue weighted by molar-refractivity contribution is 0.209. The van der Waals surface area contributed by atoms with Crippen molar-refractivity contribution in [3.8, 4) is 0 Å². The number of aryl methyl sites for hydroxylation is 3. The topological polar surface area (TPSA) is 35.6 Å². The van der Waals surface area contributed by atoms with E-state index in [1.54, 1.807) is 0 Å². The molecule has 0 aromatic carbocycles. The van der Waals surface area contributed by atoms with Gasteiger partial charge >= 0.3 is 0 Å². The minimum Gasteiger partial charge on any atom is -0.312 e. The highest BCUT2D eigenvalue weighted by atomic mass is 35.5. The van der Waals surface area contributed by atoms with Crippen LogP contribution >= 0.6 is 11.6 Å². The predicted octanol–water partition coefficient (Wildman–Crippen LogP) is 4.02. The molecule has 2 aromatic rings. The molecule has 0 N–H and O–H groups in total. The molecule has 0 aliphatic rings. The zero-order valence-corrected chi connectivity index (χ0v) is 14.8. The largest absolute Gasteiger partial charge is 0.312 e. The maximum absolute atomic E-state index is 5.97. The number of fused-ring (bicyclic) bond motifs is 1. The lowest BCUT2D eigenvalue weighted by Gasteiger charge is -2.30. The summed E-state index contributed by atoms with van der Waals surface area (Å²) in [6, 6.07) is 0. The standard InChI is InChI=1S/C16H27ClN4/c1-7-21-15-14(12(4)19-21)18-13(8-9-17)20(15)10-16(5,6)11(2)3/h11H,7-10H2,1-6H3. The minimum absolute atomic E-state index is 0.200. The van der Waals surface area contributed by atoms with E-state index in [1.165, 1.54) is 0 Å². The quantitative estimate of drug-likeness (QED) is 0.755. The Bertz CT molecular complexity index is 622. The lowest BCUT2D eigenvalue weighted by Crippen LogP contribution is -2.27. The molecule has 118 valence electrons. The number of aromatic nitrogens is 4. The van der Waals surface area contributed by atoms with Gasteiger partial charge in [0.05, 0.1) is 5.69 Å². The van der Waals surface area contributed by atoms with Crippen molar-refractivity contribution in [2.75, 3.05) is 5.88 Å². The van der Waals surface area contributed by atoms with Gasteiger partial charge in [-0.15, -0.1) is 11.6 Å². The number of halogens is 1. The van der Waals surface area contributed by atoms with Crippen molar-refractivity contribution in [3.63, 3.8) is 0 Å². The van der Waals surface area contributed by atoms with Crippen molar-refractivity contribution >= 4 is 22.8 Å². The highest BCUT2D eigenvalue weighted by Crippen LogP contribution is 2.31. The van der Waals surface area contributed by atoms with Crippen molar-refractivity contribution in [3.05, 3.63) is 11.5 Å². The van der Waals surface area contributed by atoms with Crippen LogP contribution in [0.1, 0.15) is 46.1 Å². The van der Waals surface area contributed by atoms with Gasteiger partial charge in [0.2, 0.25) is 0 Å². The fraction of sp³-hybridized carbons (Fsp3) is 0.750. The second kappa shape index (κ2) is 5.99. The average Bonchev–Trinajstić information content (AvgIpc) is 2.89. The third kappa shape index (κ3) is 2.96. The third-order valence-corrected chi connectivity index (χ3v) is 4.81. The molecule has 5 heteroatoms. The minimum atomic E-state index is 0.200. The molecule has 0 amide bonds. The summed E-state index contributed by atoms with van der Waals surface area (Å²) in [6.45, 7) is 15.1. The van der Waals surface area contributed by atoms with Gasteiger partial charge in [-0.2, -0.15) is 5.10 Å². The van der Waals surface area contributed by atoms with Crippen LogP contribution in [0, 0.1) is 18.3 Å². The van der Waals surface area contributed by atoms with Gasteiger partial charge in [-0.05, 0) is 25.2 Å². The summed E-state index contributed by atoms with van der Waals surface area (Å²) in [5, 5.41) is 4.61. The number of nitrogens with zero attached hydrogens (tertiary/aromatic N) is 4. The first-order valence-corrected chi connectivity index (χ1v) is 8.33. The van der Waals surface area contributed by atoms with Crippen LogP contribution in [0.3, 0.4) is 0 Å². The van der Waals surface area contributed by atoms with Crippen LogP contribution in [0.25, 0.3) is 11.2 Å². The number of hydrogen-bond donors (Lipinski definition) is 0. The zero-order chi connectivity index (χ0) is 15.8. The highest BCUT2D eigenvalue weighted by Gasteiger charge is 2.27. The van der Waals surface area contributed by atoms with Gasteiger partial charge in [0.1, 0.15) is 11.3 Å². The summed E-state index contributed by atoms with van der Waals surface area (Å²) in [5.74, 6) is 2.27. The summed E-state index contributed by atoms with van der Waals surface area (Å²) < 4.78 is 4.40. The molecule has 2 heterocycles. The Balaban J connectivity index is 2.60. The van der Waals surface area contributed by atoms with E-state index in [0.717, 1.165) is 42.2 Å². The smallest absolute Gasteiger partial charge is 0.158 e. The van der Waals surface area contributed by atoms with Crippen molar-refractivity contribution < 1.29 is 0 Å². The maximum Gasteiger partial charge on any atom is 0.158 e. The van der Waals surface area contributed by atoms with Gasteiger partial charge in [-0.1, -0.05) is 27.7 Å². The van der Waals surface area contributed by atoms with E-state index in [4.69, 9.17) is 16.6 Å². The summed E-state index contributed by atoms with van der Waals surface area (Å²) >= 11 is 5.97. The number of imidazole rings is 1. The molecule has 0 saturated carbocycles. The fourth-order valence-electron chi connectivity index (χ4n) is 2.52. The van der Waals surface area contributed by atoms with Gasteiger partial charge in [0, 0.05) is 25.4 Å². The van der Waals surface area contributed by atoms with Crippen LogP contribution in [0.2, 0.25) is 0 Å². The summed E-state index contributed by atoms with van der Waals surface area (Å²) in [5.41, 5.74) is 3.37. The Labute approximate surface area is 132 Å². The van der Waals surface area contributed by atoms with Crippen LogP contribution in [0.4, 0.5) is 0 Å². The Kier molecular flexibility index (Phi) is 4.66. The van der Waals surface area contributed by atoms with E-state index in [0.29, 0.717) is 11.8 Å². The molecule has 0 aliphatic carbocycles. The normalized spacial score (nSPS) is 12.8. The monoisotopic (exact) mass is 310 g/mol. The molecule has 0 unspecified atom stereocenters. The van der Waals surface area contributed by atoms with E-state index in [1.807, 2.05) is 6.92 Å². The Morgan fingerprint density at radius 3 is 2.48 bits per heavy atom. The molecular formula is C16H27ClN4. The highest BCUT2D eigenvalue weighted by molar-refractivity contribution is 6.17. The second-order valence-electron chi connectivity index (χ2n) is 6.77. The predicted molar refractivity (Wildman–Crippen MR) is 89.0 cm³/mol. The number of alkyl halides is 1. The molecule has 0 spiro atoms. The average molecular weight is 311 g/mol. The zero-order valence-electron chi connectivity index (χ0n) is 14.1.